The highest BCUT2D eigenvalue weighted by atomic mass is 16.6. The van der Waals surface area contributed by atoms with E-state index in [2.05, 4.69) is 4.99 Å². The minimum absolute atomic E-state index is 0.0249. The lowest BCUT2D eigenvalue weighted by atomic mass is 10.1. The van der Waals surface area contributed by atoms with Crippen LogP contribution in [0.5, 0.6) is 5.75 Å². The van der Waals surface area contributed by atoms with Crippen LogP contribution < -0.4 is 10.5 Å². The molecular formula is C19H15N3O6. The topological polar surface area (TPSA) is 134 Å². The molecule has 2 N–H and O–H groups in total. The maximum Gasteiger partial charge on any atom is 0.363 e. The summed E-state index contributed by atoms with van der Waals surface area (Å²) in [6, 6.07) is 11.0. The maximum absolute atomic E-state index is 12.1. The first-order valence-corrected chi connectivity index (χ1v) is 8.12. The molecule has 0 bridgehead atoms. The van der Waals surface area contributed by atoms with Gasteiger partial charge in [0.05, 0.1) is 4.92 Å². The van der Waals surface area contributed by atoms with Crippen molar-refractivity contribution in [3.8, 4) is 5.75 Å². The standard InChI is InChI=1S/C19H15N3O6/c1-11-8-13(4-7-16(11)22(25)26)18-21-15(19(24)28-18)9-12-2-5-14(6-3-12)27-10-17(20)23/h2-9H,10H2,1H3,(H2,20,23)/b15-9-. The van der Waals surface area contributed by atoms with Crippen LogP contribution in [0.25, 0.3) is 6.08 Å². The van der Waals surface area contributed by atoms with Crippen molar-refractivity contribution in [2.45, 2.75) is 6.92 Å². The highest BCUT2D eigenvalue weighted by Crippen LogP contribution is 2.24. The summed E-state index contributed by atoms with van der Waals surface area (Å²) in [5, 5.41) is 10.9. The highest BCUT2D eigenvalue weighted by molar-refractivity contribution is 6.13. The Hall–Kier alpha value is -4.01. The van der Waals surface area contributed by atoms with Gasteiger partial charge in [0.15, 0.2) is 12.3 Å². The van der Waals surface area contributed by atoms with Gasteiger partial charge in [0.1, 0.15) is 5.75 Å². The second-order valence-corrected chi connectivity index (χ2v) is 5.92. The first-order chi connectivity index (χ1) is 13.3. The molecule has 9 nitrogen and oxygen atoms in total. The number of hydrogen-bond donors (Lipinski definition) is 1. The number of primary amides is 1. The molecule has 28 heavy (non-hydrogen) atoms. The van der Waals surface area contributed by atoms with E-state index < -0.39 is 16.8 Å². The highest BCUT2D eigenvalue weighted by Gasteiger charge is 2.25. The SMILES string of the molecule is Cc1cc(C2=N/C(=C\c3ccc(OCC(N)=O)cc3)C(=O)O2)ccc1[N+](=O)[O-]. The molecule has 1 aliphatic rings. The first-order valence-electron chi connectivity index (χ1n) is 8.12. The molecular weight excluding hydrogens is 366 g/mol. The Balaban J connectivity index is 1.80. The van der Waals surface area contributed by atoms with Crippen molar-refractivity contribution >= 4 is 29.5 Å². The predicted octanol–water partition coefficient (Wildman–Crippen LogP) is 2.11. The zero-order chi connectivity index (χ0) is 20.3. The van der Waals surface area contributed by atoms with Crippen LogP contribution in [0, 0.1) is 17.0 Å². The van der Waals surface area contributed by atoms with Crippen molar-refractivity contribution in [1.82, 2.24) is 0 Å². The number of nitrogens with two attached hydrogens (primary N) is 1. The van der Waals surface area contributed by atoms with Gasteiger partial charge in [-0.3, -0.25) is 14.9 Å². The first kappa shape index (κ1) is 18.8. The summed E-state index contributed by atoms with van der Waals surface area (Å²) < 4.78 is 10.3. The molecule has 2 aromatic carbocycles. The molecule has 3 rings (SSSR count). The molecule has 0 aromatic heterocycles. The Morgan fingerprint density at radius 3 is 2.61 bits per heavy atom. The molecule has 1 aliphatic heterocycles. The summed E-state index contributed by atoms with van der Waals surface area (Å²) in [6.45, 7) is 1.37. The molecule has 1 heterocycles. The van der Waals surface area contributed by atoms with Crippen molar-refractivity contribution in [2.24, 2.45) is 10.7 Å². The minimum Gasteiger partial charge on any atom is -0.484 e. The van der Waals surface area contributed by atoms with Crippen LogP contribution in [-0.4, -0.2) is 29.3 Å². The average Bonchev–Trinajstić information content (AvgIpc) is 3.01. The van der Waals surface area contributed by atoms with Gasteiger partial charge < -0.3 is 15.2 Å². The van der Waals surface area contributed by atoms with Crippen molar-refractivity contribution in [3.63, 3.8) is 0 Å². The van der Waals surface area contributed by atoms with E-state index in [-0.39, 0.29) is 23.9 Å². The summed E-state index contributed by atoms with van der Waals surface area (Å²) in [5.41, 5.74) is 6.66. The lowest BCUT2D eigenvalue weighted by molar-refractivity contribution is -0.385. The fourth-order valence-corrected chi connectivity index (χ4v) is 2.50. The van der Waals surface area contributed by atoms with Gasteiger partial charge in [0.2, 0.25) is 5.90 Å². The normalized spacial score (nSPS) is 14.5. The number of esters is 1. The number of benzene rings is 2. The quantitative estimate of drug-likeness (QED) is 0.352. The third-order valence-corrected chi connectivity index (χ3v) is 3.83. The van der Waals surface area contributed by atoms with Gasteiger partial charge in [-0.1, -0.05) is 12.1 Å². The molecule has 0 saturated carbocycles. The van der Waals surface area contributed by atoms with Gasteiger partial charge in [0.25, 0.3) is 11.6 Å². The lowest BCUT2D eigenvalue weighted by Gasteiger charge is -2.03. The van der Waals surface area contributed by atoms with Gasteiger partial charge >= 0.3 is 5.97 Å². The second kappa shape index (κ2) is 7.70. The second-order valence-electron chi connectivity index (χ2n) is 5.92. The van der Waals surface area contributed by atoms with Crippen LogP contribution in [0.4, 0.5) is 5.69 Å². The Labute approximate surface area is 159 Å². The largest absolute Gasteiger partial charge is 0.484 e. The van der Waals surface area contributed by atoms with E-state index in [0.717, 1.165) is 0 Å². The summed E-state index contributed by atoms with van der Waals surface area (Å²) in [6.07, 6.45) is 1.53. The molecule has 0 spiro atoms. The summed E-state index contributed by atoms with van der Waals surface area (Å²) in [4.78, 5) is 37.4. The number of cyclic esters (lactones) is 1. The number of nitro benzene ring substituents is 1. The van der Waals surface area contributed by atoms with Crippen molar-refractivity contribution in [3.05, 3.63) is 75.0 Å². The number of aliphatic imine (C=N–C) groups is 1. The van der Waals surface area contributed by atoms with E-state index in [4.69, 9.17) is 15.2 Å². The number of carbonyl (C=O) groups is 2. The van der Waals surface area contributed by atoms with Crippen molar-refractivity contribution < 1.29 is 24.0 Å². The maximum atomic E-state index is 12.1. The number of ether oxygens (including phenoxy) is 2. The van der Waals surface area contributed by atoms with E-state index in [9.17, 15) is 19.7 Å². The van der Waals surface area contributed by atoms with Gasteiger partial charge in [-0.25, -0.2) is 9.79 Å². The Morgan fingerprint density at radius 1 is 1.29 bits per heavy atom. The van der Waals surface area contributed by atoms with Crippen LogP contribution in [0.15, 0.2) is 53.2 Å². The van der Waals surface area contributed by atoms with Crippen molar-refractivity contribution in [2.75, 3.05) is 6.61 Å². The molecule has 0 saturated heterocycles. The third kappa shape index (κ3) is 4.21. The molecule has 0 atom stereocenters. The Morgan fingerprint density at radius 2 is 2.00 bits per heavy atom. The molecule has 0 unspecified atom stereocenters. The number of amides is 1. The summed E-state index contributed by atoms with van der Waals surface area (Å²) in [5.74, 6) is -0.667. The zero-order valence-corrected chi connectivity index (χ0v) is 14.7. The van der Waals surface area contributed by atoms with Gasteiger partial charge in [-0.2, -0.15) is 0 Å². The van der Waals surface area contributed by atoms with Crippen LogP contribution in [0.2, 0.25) is 0 Å². The minimum atomic E-state index is -0.625. The third-order valence-electron chi connectivity index (χ3n) is 3.83. The molecule has 142 valence electrons. The molecule has 2 aromatic rings. The molecule has 9 heteroatoms. The number of nitrogens with zero attached hydrogens (tertiary/aromatic N) is 2. The average molecular weight is 381 g/mol. The predicted molar refractivity (Wildman–Crippen MR) is 99.6 cm³/mol. The monoisotopic (exact) mass is 381 g/mol. The van der Waals surface area contributed by atoms with E-state index in [1.165, 1.54) is 24.3 Å². The van der Waals surface area contributed by atoms with Gasteiger partial charge in [0, 0.05) is 17.2 Å². The van der Waals surface area contributed by atoms with E-state index in [1.807, 2.05) is 0 Å². The van der Waals surface area contributed by atoms with Gasteiger partial charge in [-0.15, -0.1) is 0 Å². The number of hydrogen-bond acceptors (Lipinski definition) is 7. The van der Waals surface area contributed by atoms with Crippen molar-refractivity contribution in [1.29, 1.82) is 0 Å². The van der Waals surface area contributed by atoms with Crippen LogP contribution in [0.1, 0.15) is 16.7 Å². The molecule has 0 aliphatic carbocycles. The summed E-state index contributed by atoms with van der Waals surface area (Å²) in [7, 11) is 0. The Kier molecular flexibility index (Phi) is 5.16. The Bertz CT molecular complexity index is 1020. The van der Waals surface area contributed by atoms with Crippen LogP contribution in [-0.2, 0) is 14.3 Å². The van der Waals surface area contributed by atoms with E-state index in [0.29, 0.717) is 22.4 Å². The smallest absolute Gasteiger partial charge is 0.363 e. The number of rotatable bonds is 6. The van der Waals surface area contributed by atoms with Crippen LogP contribution in [0.3, 0.4) is 0 Å². The van der Waals surface area contributed by atoms with Crippen LogP contribution >= 0.6 is 0 Å². The fraction of sp³-hybridized carbons (Fsp3) is 0.105. The fourth-order valence-electron chi connectivity index (χ4n) is 2.50. The molecule has 0 fully saturated rings. The lowest BCUT2D eigenvalue weighted by Crippen LogP contribution is -2.19. The number of nitro groups is 1. The molecule has 0 radical (unpaired) electrons. The van der Waals surface area contributed by atoms with Gasteiger partial charge in [-0.05, 0) is 42.8 Å². The summed E-state index contributed by atoms with van der Waals surface area (Å²) >= 11 is 0. The number of carbonyl (C=O) groups excluding carboxylic acids is 2. The van der Waals surface area contributed by atoms with E-state index in [1.54, 1.807) is 31.2 Å². The molecule has 1 amide bonds. The van der Waals surface area contributed by atoms with E-state index >= 15 is 0 Å². The number of aryl methyl sites for hydroxylation is 1. The zero-order valence-electron chi connectivity index (χ0n) is 14.7.